The second-order valence-corrected chi connectivity index (χ2v) is 6.52. The molecule has 3 nitrogen and oxygen atoms in total. The SMILES string of the molecule is Cc1cc(F)c(F)c(-c2cccc3c(C(C)C(F)(F)F)c(C(N)=O)cnc23)c1. The number of primary amides is 1. The van der Waals surface area contributed by atoms with Crippen molar-refractivity contribution in [3.05, 3.63) is 64.9 Å². The maximum atomic E-state index is 14.4. The Morgan fingerprint density at radius 1 is 1.14 bits per heavy atom. The van der Waals surface area contributed by atoms with Gasteiger partial charge in [0.15, 0.2) is 11.6 Å². The van der Waals surface area contributed by atoms with E-state index in [0.29, 0.717) is 5.56 Å². The molecule has 0 aliphatic heterocycles. The van der Waals surface area contributed by atoms with Crippen LogP contribution in [0.5, 0.6) is 0 Å². The van der Waals surface area contributed by atoms with Crippen LogP contribution in [0.3, 0.4) is 0 Å². The number of nitrogens with zero attached hydrogens (tertiary/aromatic N) is 1. The maximum Gasteiger partial charge on any atom is 0.395 e. The van der Waals surface area contributed by atoms with Crippen LogP contribution in [-0.4, -0.2) is 17.1 Å². The number of halogens is 5. The van der Waals surface area contributed by atoms with E-state index in [-0.39, 0.29) is 33.2 Å². The minimum Gasteiger partial charge on any atom is -0.366 e. The first kappa shape index (κ1) is 19.7. The van der Waals surface area contributed by atoms with E-state index >= 15 is 0 Å². The van der Waals surface area contributed by atoms with E-state index in [0.717, 1.165) is 19.2 Å². The number of nitrogens with two attached hydrogens (primary N) is 1. The van der Waals surface area contributed by atoms with Crippen LogP contribution in [0.1, 0.15) is 34.3 Å². The standard InChI is InChI=1S/C20H15F5N2O/c1-9-6-13(17(22)15(21)7-9)11-4-3-5-12-16(10(2)20(23,24)25)14(19(26)28)8-27-18(11)12/h3-8,10H,1-2H3,(H2,26,28). The molecule has 1 unspecified atom stereocenters. The molecule has 0 bridgehead atoms. The zero-order valence-corrected chi connectivity index (χ0v) is 14.9. The number of para-hydroxylation sites is 1. The average Bonchev–Trinajstić information content (AvgIpc) is 2.61. The number of rotatable bonds is 3. The van der Waals surface area contributed by atoms with Gasteiger partial charge in [0.1, 0.15) is 0 Å². The number of hydrogen-bond acceptors (Lipinski definition) is 2. The van der Waals surface area contributed by atoms with Crippen LogP contribution >= 0.6 is 0 Å². The Bertz CT molecular complexity index is 1090. The van der Waals surface area contributed by atoms with Gasteiger partial charge in [-0.25, -0.2) is 8.78 Å². The van der Waals surface area contributed by atoms with Gasteiger partial charge in [-0.05, 0) is 37.1 Å². The molecular weight excluding hydrogens is 379 g/mol. The van der Waals surface area contributed by atoms with E-state index in [1.54, 1.807) is 6.92 Å². The van der Waals surface area contributed by atoms with Gasteiger partial charge in [-0.15, -0.1) is 0 Å². The summed E-state index contributed by atoms with van der Waals surface area (Å²) in [6, 6.07) is 6.57. The van der Waals surface area contributed by atoms with Gasteiger partial charge in [0, 0.05) is 22.7 Å². The molecule has 146 valence electrons. The minimum absolute atomic E-state index is 0.0000562. The molecule has 3 rings (SSSR count). The van der Waals surface area contributed by atoms with E-state index in [4.69, 9.17) is 5.73 Å². The second kappa shape index (κ2) is 6.85. The first-order valence-electron chi connectivity index (χ1n) is 8.26. The zero-order valence-electron chi connectivity index (χ0n) is 14.9. The van der Waals surface area contributed by atoms with E-state index in [9.17, 15) is 26.7 Å². The lowest BCUT2D eigenvalue weighted by molar-refractivity contribution is -0.146. The summed E-state index contributed by atoms with van der Waals surface area (Å²) < 4.78 is 68.5. The van der Waals surface area contributed by atoms with Gasteiger partial charge < -0.3 is 5.73 Å². The number of fused-ring (bicyclic) bond motifs is 1. The van der Waals surface area contributed by atoms with Crippen molar-refractivity contribution >= 4 is 16.8 Å². The number of alkyl halides is 3. The van der Waals surface area contributed by atoms with Crippen molar-refractivity contribution < 1.29 is 26.7 Å². The van der Waals surface area contributed by atoms with Crippen molar-refractivity contribution in [1.29, 1.82) is 0 Å². The molecule has 1 amide bonds. The quantitative estimate of drug-likeness (QED) is 0.617. The Kier molecular flexibility index (Phi) is 4.82. The van der Waals surface area contributed by atoms with Gasteiger partial charge in [-0.3, -0.25) is 9.78 Å². The zero-order chi connectivity index (χ0) is 20.8. The van der Waals surface area contributed by atoms with Crippen molar-refractivity contribution in [2.24, 2.45) is 5.73 Å². The third kappa shape index (κ3) is 3.30. The highest BCUT2D eigenvalue weighted by Gasteiger charge is 2.40. The monoisotopic (exact) mass is 394 g/mol. The number of pyridine rings is 1. The highest BCUT2D eigenvalue weighted by molar-refractivity contribution is 6.03. The fourth-order valence-corrected chi connectivity index (χ4v) is 3.21. The van der Waals surface area contributed by atoms with Crippen LogP contribution in [0.15, 0.2) is 36.5 Å². The summed E-state index contributed by atoms with van der Waals surface area (Å²) >= 11 is 0. The summed E-state index contributed by atoms with van der Waals surface area (Å²) in [4.78, 5) is 15.7. The molecule has 2 aromatic carbocycles. The molecule has 0 radical (unpaired) electrons. The molecule has 1 aromatic heterocycles. The number of carbonyl (C=O) groups is 1. The fourth-order valence-electron chi connectivity index (χ4n) is 3.21. The molecule has 1 heterocycles. The normalized spacial score (nSPS) is 13.0. The van der Waals surface area contributed by atoms with Crippen LogP contribution in [0.4, 0.5) is 22.0 Å². The Labute approximate surface area is 157 Å². The molecule has 28 heavy (non-hydrogen) atoms. The molecule has 3 aromatic rings. The molecule has 0 fully saturated rings. The average molecular weight is 394 g/mol. The summed E-state index contributed by atoms with van der Waals surface area (Å²) in [5.41, 5.74) is 4.96. The summed E-state index contributed by atoms with van der Waals surface area (Å²) in [6.07, 6.45) is -3.70. The van der Waals surface area contributed by atoms with Gasteiger partial charge >= 0.3 is 6.18 Å². The lowest BCUT2D eigenvalue weighted by atomic mass is 9.89. The van der Waals surface area contributed by atoms with Crippen molar-refractivity contribution in [3.8, 4) is 11.1 Å². The third-order valence-electron chi connectivity index (χ3n) is 4.59. The topological polar surface area (TPSA) is 56.0 Å². The molecule has 0 saturated carbocycles. The van der Waals surface area contributed by atoms with Crippen LogP contribution in [0.2, 0.25) is 0 Å². The van der Waals surface area contributed by atoms with Crippen LogP contribution in [-0.2, 0) is 0 Å². The van der Waals surface area contributed by atoms with Gasteiger partial charge in [0.2, 0.25) is 0 Å². The number of benzene rings is 2. The third-order valence-corrected chi connectivity index (χ3v) is 4.59. The molecule has 2 N–H and O–H groups in total. The minimum atomic E-state index is -4.64. The van der Waals surface area contributed by atoms with Crippen LogP contribution < -0.4 is 5.73 Å². The first-order valence-corrected chi connectivity index (χ1v) is 8.26. The van der Waals surface area contributed by atoms with Crippen LogP contribution in [0.25, 0.3) is 22.0 Å². The van der Waals surface area contributed by atoms with E-state index in [1.807, 2.05) is 0 Å². The van der Waals surface area contributed by atoms with Gasteiger partial charge in [-0.1, -0.05) is 18.2 Å². The van der Waals surface area contributed by atoms with Crippen molar-refractivity contribution in [2.45, 2.75) is 25.9 Å². The molecule has 8 heteroatoms. The maximum absolute atomic E-state index is 14.4. The Hall–Kier alpha value is -3.03. The number of carbonyl (C=O) groups excluding carboxylic acids is 1. The lowest BCUT2D eigenvalue weighted by Gasteiger charge is -2.21. The predicted molar refractivity (Wildman–Crippen MR) is 94.8 cm³/mol. The van der Waals surface area contributed by atoms with Crippen molar-refractivity contribution in [3.63, 3.8) is 0 Å². The Morgan fingerprint density at radius 2 is 1.82 bits per heavy atom. The predicted octanol–water partition coefficient (Wildman–Crippen LogP) is 5.25. The smallest absolute Gasteiger partial charge is 0.366 e. The van der Waals surface area contributed by atoms with Gasteiger partial charge in [0.05, 0.1) is 17.0 Å². The lowest BCUT2D eigenvalue weighted by Crippen LogP contribution is -2.23. The van der Waals surface area contributed by atoms with E-state index in [1.165, 1.54) is 24.3 Å². The van der Waals surface area contributed by atoms with Gasteiger partial charge in [0.25, 0.3) is 5.91 Å². The molecular formula is C20H15F5N2O. The molecule has 0 aliphatic rings. The first-order chi connectivity index (χ1) is 13.0. The fraction of sp³-hybridized carbons (Fsp3) is 0.200. The Balaban J connectivity index is 2.41. The molecule has 0 saturated heterocycles. The summed E-state index contributed by atoms with van der Waals surface area (Å²) in [6.45, 7) is 2.47. The van der Waals surface area contributed by atoms with Crippen molar-refractivity contribution in [1.82, 2.24) is 4.98 Å². The van der Waals surface area contributed by atoms with Crippen LogP contribution in [0, 0.1) is 18.6 Å². The van der Waals surface area contributed by atoms with Crippen molar-refractivity contribution in [2.75, 3.05) is 0 Å². The van der Waals surface area contributed by atoms with E-state index in [2.05, 4.69) is 4.98 Å². The largest absolute Gasteiger partial charge is 0.395 e. The second-order valence-electron chi connectivity index (χ2n) is 6.52. The number of hydrogen-bond donors (Lipinski definition) is 1. The molecule has 0 spiro atoms. The highest BCUT2D eigenvalue weighted by Crippen LogP contribution is 2.41. The number of aromatic nitrogens is 1. The highest BCUT2D eigenvalue weighted by atomic mass is 19.4. The molecule has 1 atom stereocenters. The number of aryl methyl sites for hydroxylation is 1. The number of amides is 1. The Morgan fingerprint density at radius 3 is 2.43 bits per heavy atom. The van der Waals surface area contributed by atoms with Gasteiger partial charge in [-0.2, -0.15) is 13.2 Å². The summed E-state index contributed by atoms with van der Waals surface area (Å²) in [5, 5.41) is -0.0000562. The molecule has 0 aliphatic carbocycles. The summed E-state index contributed by atoms with van der Waals surface area (Å²) in [7, 11) is 0. The van der Waals surface area contributed by atoms with E-state index < -0.39 is 29.6 Å². The summed E-state index contributed by atoms with van der Waals surface area (Å²) in [5.74, 6) is -5.29.